The normalized spacial score (nSPS) is 26.1. The van der Waals surface area contributed by atoms with Gasteiger partial charge >= 0.3 is 5.69 Å². The molecule has 0 N–H and O–H groups in total. The number of aromatic nitrogens is 3. The molecule has 0 atom stereocenters. The van der Waals surface area contributed by atoms with Crippen LogP contribution < -0.4 is 10.6 Å². The van der Waals surface area contributed by atoms with E-state index >= 15 is 0 Å². The van der Waals surface area contributed by atoms with Crippen molar-refractivity contribution in [2.24, 2.45) is 0 Å². The molecule has 6 nitrogen and oxygen atoms in total. The summed E-state index contributed by atoms with van der Waals surface area (Å²) < 4.78 is 99.3. The zero-order valence-corrected chi connectivity index (χ0v) is 14.3. The van der Waals surface area contributed by atoms with Gasteiger partial charge in [0.25, 0.3) is 0 Å². The van der Waals surface area contributed by atoms with Crippen molar-refractivity contribution < 1.29 is 16.4 Å². The summed E-state index contributed by atoms with van der Waals surface area (Å²) in [5.41, 5.74) is -1.51. The number of halogens is 1. The van der Waals surface area contributed by atoms with E-state index in [9.17, 15) is 4.79 Å². The Bertz CT molecular complexity index is 1460. The molecule has 1 aliphatic rings. The molecule has 0 unspecified atom stereocenters. The summed E-state index contributed by atoms with van der Waals surface area (Å²) in [5, 5.41) is 3.53. The van der Waals surface area contributed by atoms with Crippen LogP contribution in [0.5, 0.6) is 0 Å². The predicted molar refractivity (Wildman–Crippen MR) is 104 cm³/mol. The Hall–Kier alpha value is -2.31. The molecule has 3 heterocycles. The highest BCUT2D eigenvalue weighted by atomic mass is 35.5. The average Bonchev–Trinajstić information content (AvgIpc) is 3.16. The quantitative estimate of drug-likeness (QED) is 0.678. The molecule has 1 aliphatic heterocycles. The van der Waals surface area contributed by atoms with Crippen LogP contribution in [-0.4, -0.2) is 51.7 Å². The van der Waals surface area contributed by atoms with Gasteiger partial charge in [-0.2, -0.15) is 0 Å². The third-order valence-electron chi connectivity index (χ3n) is 3.80. The summed E-state index contributed by atoms with van der Waals surface area (Å²) in [6.07, 6.45) is -0.367. The zero-order chi connectivity index (χ0) is 28.5. The summed E-state index contributed by atoms with van der Waals surface area (Å²) >= 11 is 5.96. The van der Waals surface area contributed by atoms with Gasteiger partial charge in [-0.05, 0) is 36.6 Å². The van der Waals surface area contributed by atoms with Crippen molar-refractivity contribution in [3.63, 3.8) is 0 Å². The number of anilines is 1. The number of hydrogen-bond acceptors (Lipinski definition) is 4. The minimum Gasteiger partial charge on any atom is -0.369 e. The smallest absolute Gasteiger partial charge is 0.350 e. The minimum atomic E-state index is -2.44. The van der Waals surface area contributed by atoms with E-state index in [0.717, 1.165) is 9.08 Å². The molecule has 7 heteroatoms. The molecule has 0 aliphatic carbocycles. The fourth-order valence-corrected chi connectivity index (χ4v) is 2.68. The minimum absolute atomic E-state index is 0.0250. The third-order valence-corrected chi connectivity index (χ3v) is 3.99. The van der Waals surface area contributed by atoms with Gasteiger partial charge in [-0.15, -0.1) is 5.10 Å². The van der Waals surface area contributed by atoms with Gasteiger partial charge in [-0.3, -0.25) is 9.30 Å². The van der Waals surface area contributed by atoms with Crippen LogP contribution in [0.1, 0.15) is 22.9 Å². The Labute approximate surface area is 174 Å². The second-order valence-electron chi connectivity index (χ2n) is 5.53. The monoisotopic (exact) mass is 383 g/mol. The van der Waals surface area contributed by atoms with E-state index in [1.165, 1.54) is 4.90 Å². The van der Waals surface area contributed by atoms with Crippen LogP contribution in [0.2, 0.25) is 5.02 Å². The first-order valence-electron chi connectivity index (χ1n) is 13.9. The lowest BCUT2D eigenvalue weighted by Gasteiger charge is -2.36. The lowest BCUT2D eigenvalue weighted by molar-refractivity contribution is 0.248. The summed E-state index contributed by atoms with van der Waals surface area (Å²) in [6, 6.07) is -4.06. The van der Waals surface area contributed by atoms with Gasteiger partial charge in [-0.25, -0.2) is 9.48 Å². The van der Waals surface area contributed by atoms with Crippen molar-refractivity contribution in [3.05, 3.63) is 64.0 Å². The van der Waals surface area contributed by atoms with E-state index in [4.69, 9.17) is 28.1 Å². The first kappa shape index (κ1) is 8.15. The number of benzene rings is 1. The lowest BCUT2D eigenvalue weighted by atomic mass is 10.2. The van der Waals surface area contributed by atoms with Gasteiger partial charge < -0.3 is 4.90 Å². The van der Waals surface area contributed by atoms with E-state index in [-0.39, 0.29) is 38.2 Å². The zero-order valence-electron chi connectivity index (χ0n) is 25.6. The SMILES string of the molecule is [2H]c1c([2H])c(Cl)c([2H])c(N2C([2H])([2H])CN(CCCn3nc4c([2H])c([2H])c([2H])c([2H])n4c3=O)CC2([2H])[2H])c1[2H]. The fourth-order valence-electron chi connectivity index (χ4n) is 2.54. The second kappa shape index (κ2) is 7.51. The maximum atomic E-state index is 12.7. The predicted octanol–water partition coefficient (Wildman–Crippen LogP) is 2.36. The molecular weight excluding hydrogens is 350 g/mol. The average molecular weight is 384 g/mol. The highest BCUT2D eigenvalue weighted by molar-refractivity contribution is 6.30. The summed E-state index contributed by atoms with van der Waals surface area (Å²) in [6.45, 7) is -5.50. The van der Waals surface area contributed by atoms with Crippen LogP contribution in [0.4, 0.5) is 5.69 Å². The topological polar surface area (TPSA) is 45.8 Å². The molecule has 136 valence electrons. The van der Waals surface area contributed by atoms with Crippen LogP contribution in [0, 0.1) is 0 Å². The molecule has 0 amide bonds. The van der Waals surface area contributed by atoms with Gasteiger partial charge in [0.1, 0.15) is 0 Å². The van der Waals surface area contributed by atoms with Crippen molar-refractivity contribution in [2.45, 2.75) is 13.0 Å². The van der Waals surface area contributed by atoms with Crippen LogP contribution >= 0.6 is 11.6 Å². The Kier molecular flexibility index (Phi) is 2.35. The molecule has 2 aromatic heterocycles. The molecule has 3 aromatic rings. The van der Waals surface area contributed by atoms with Gasteiger partial charge in [0.2, 0.25) is 0 Å². The van der Waals surface area contributed by atoms with Crippen LogP contribution in [0.3, 0.4) is 0 Å². The maximum Gasteiger partial charge on any atom is 0.350 e. The Morgan fingerprint density at radius 2 is 2.00 bits per heavy atom. The third kappa shape index (κ3) is 3.61. The molecule has 0 radical (unpaired) electrons. The number of aryl methyl sites for hydroxylation is 1. The number of pyridine rings is 1. The molecule has 0 saturated carbocycles. The number of fused-ring (bicyclic) bond motifs is 1. The number of rotatable bonds is 5. The van der Waals surface area contributed by atoms with E-state index in [0.29, 0.717) is 4.90 Å². The molecule has 0 spiro atoms. The Balaban J connectivity index is 1.56. The molecule has 1 aromatic carbocycles. The van der Waals surface area contributed by atoms with Crippen LogP contribution in [-0.2, 0) is 6.54 Å². The standard InChI is InChI=1S/C19H22ClN5O/c20-16-5-3-6-17(15-16)23-13-11-22(12-14-23)8-4-10-25-19(26)24-9-2-1-7-18(24)21-25/h1-3,5-7,9,15H,4,8,10-14H2/i1D,2D,3D,5D,6D,7D,9D,13D2,14D2,15D. The largest absolute Gasteiger partial charge is 0.369 e. The van der Waals surface area contributed by atoms with Gasteiger partial charge in [0, 0.05) is 56.1 Å². The first-order chi connectivity index (χ1) is 17.5. The van der Waals surface area contributed by atoms with E-state index in [2.05, 4.69) is 5.10 Å². The van der Waals surface area contributed by atoms with E-state index in [1.807, 2.05) is 0 Å². The van der Waals surface area contributed by atoms with Crippen molar-refractivity contribution in [3.8, 4) is 0 Å². The lowest BCUT2D eigenvalue weighted by Crippen LogP contribution is -2.46. The van der Waals surface area contributed by atoms with E-state index < -0.39 is 77.9 Å². The number of nitrogens with zero attached hydrogens (tertiary/aromatic N) is 5. The molecule has 0 bridgehead atoms. The van der Waals surface area contributed by atoms with Gasteiger partial charge in [-0.1, -0.05) is 23.7 Å². The van der Waals surface area contributed by atoms with Crippen molar-refractivity contribution in [2.75, 3.05) is 37.5 Å². The van der Waals surface area contributed by atoms with Crippen LogP contribution in [0.15, 0.2) is 53.3 Å². The molecule has 26 heavy (non-hydrogen) atoms. The highest BCUT2D eigenvalue weighted by Gasteiger charge is 2.17. The second-order valence-corrected chi connectivity index (χ2v) is 5.91. The van der Waals surface area contributed by atoms with Gasteiger partial charge in [0.05, 0.1) is 16.4 Å². The first-order valence-corrected chi connectivity index (χ1v) is 8.23. The molecular formula is C19H22ClN5O. The molecule has 1 fully saturated rings. The Morgan fingerprint density at radius 3 is 2.85 bits per heavy atom. The maximum absolute atomic E-state index is 12.7. The van der Waals surface area contributed by atoms with E-state index in [1.54, 1.807) is 0 Å². The van der Waals surface area contributed by atoms with Gasteiger partial charge in [0.15, 0.2) is 5.65 Å². The molecule has 1 saturated heterocycles. The van der Waals surface area contributed by atoms with Crippen molar-refractivity contribution in [1.29, 1.82) is 0 Å². The number of hydrogen-bond donors (Lipinski definition) is 0. The van der Waals surface area contributed by atoms with Crippen molar-refractivity contribution in [1.82, 2.24) is 19.1 Å². The van der Waals surface area contributed by atoms with Crippen LogP contribution in [0.25, 0.3) is 5.65 Å². The van der Waals surface area contributed by atoms with Crippen molar-refractivity contribution >= 4 is 22.9 Å². The fraction of sp³-hybridized carbons (Fsp3) is 0.368. The molecule has 4 rings (SSSR count). The Morgan fingerprint density at radius 1 is 1.15 bits per heavy atom. The number of piperazine rings is 1. The highest BCUT2D eigenvalue weighted by Crippen LogP contribution is 2.20. The summed E-state index contributed by atoms with van der Waals surface area (Å²) in [5.74, 6) is 0. The summed E-state index contributed by atoms with van der Waals surface area (Å²) in [7, 11) is 0. The summed E-state index contributed by atoms with van der Waals surface area (Å²) in [4.78, 5) is 14.8.